The lowest BCUT2D eigenvalue weighted by molar-refractivity contribution is -0.123. The Morgan fingerprint density at radius 1 is 1.40 bits per heavy atom. The molecule has 3 N–H and O–H groups in total. The van der Waals surface area contributed by atoms with Crippen molar-refractivity contribution >= 4 is 23.2 Å². The van der Waals surface area contributed by atoms with Gasteiger partial charge in [-0.05, 0) is 38.8 Å². The summed E-state index contributed by atoms with van der Waals surface area (Å²) in [5, 5.41) is 3.07. The Balaban J connectivity index is 1.82. The average Bonchev–Trinajstić information content (AvgIpc) is 2.85. The van der Waals surface area contributed by atoms with Crippen LogP contribution in [0.1, 0.15) is 34.3 Å². The molecule has 0 aromatic carbocycles. The topological polar surface area (TPSA) is 75.4 Å². The van der Waals surface area contributed by atoms with E-state index in [1.807, 2.05) is 26.0 Å². The highest BCUT2D eigenvalue weighted by molar-refractivity contribution is 7.13. The van der Waals surface area contributed by atoms with Gasteiger partial charge < -0.3 is 11.1 Å². The fraction of sp³-hybridized carbons (Fsp3) is 0.571. The number of nitrogens with one attached hydrogen (secondary N) is 1. The molecule has 1 atom stereocenters. The van der Waals surface area contributed by atoms with Crippen LogP contribution in [0.5, 0.6) is 0 Å². The number of primary amides is 1. The van der Waals surface area contributed by atoms with Crippen molar-refractivity contribution in [1.82, 2.24) is 10.2 Å². The van der Waals surface area contributed by atoms with Gasteiger partial charge in [-0.1, -0.05) is 0 Å². The standard InChI is InChI=1S/C14H21N3O2S/c1-9-3-4-12(20-9)14(19)16-11-5-7-17(8-6-11)10(2)13(15)18/h3-4,10-11H,5-8H2,1-2H3,(H2,15,18)(H,16,19)/t10-/m0/s1. The average molecular weight is 295 g/mol. The lowest BCUT2D eigenvalue weighted by Crippen LogP contribution is -2.50. The molecule has 2 rings (SSSR count). The molecule has 0 bridgehead atoms. The highest BCUT2D eigenvalue weighted by Crippen LogP contribution is 2.17. The molecule has 1 saturated heterocycles. The van der Waals surface area contributed by atoms with Crippen LogP contribution in [0.4, 0.5) is 0 Å². The minimum atomic E-state index is -0.290. The first-order chi connectivity index (χ1) is 9.47. The van der Waals surface area contributed by atoms with E-state index >= 15 is 0 Å². The summed E-state index contributed by atoms with van der Waals surface area (Å²) >= 11 is 1.51. The maximum Gasteiger partial charge on any atom is 0.261 e. The number of nitrogens with zero attached hydrogens (tertiary/aromatic N) is 1. The lowest BCUT2D eigenvalue weighted by atomic mass is 10.0. The van der Waals surface area contributed by atoms with E-state index in [9.17, 15) is 9.59 Å². The molecular formula is C14H21N3O2S. The fourth-order valence-electron chi connectivity index (χ4n) is 2.42. The SMILES string of the molecule is Cc1ccc(C(=O)NC2CCN([C@@H](C)C(N)=O)CC2)s1. The number of rotatable bonds is 4. The first-order valence-electron chi connectivity index (χ1n) is 6.88. The van der Waals surface area contributed by atoms with Crippen LogP contribution >= 0.6 is 11.3 Å². The number of amides is 2. The van der Waals surface area contributed by atoms with Crippen LogP contribution in [0.25, 0.3) is 0 Å². The number of carbonyl (C=O) groups excluding carboxylic acids is 2. The summed E-state index contributed by atoms with van der Waals surface area (Å²) in [6.07, 6.45) is 1.71. The zero-order chi connectivity index (χ0) is 14.7. The van der Waals surface area contributed by atoms with Crippen LogP contribution in [0.2, 0.25) is 0 Å². The second-order valence-electron chi connectivity index (χ2n) is 5.27. The molecule has 0 aliphatic carbocycles. The van der Waals surface area contributed by atoms with Crippen LogP contribution in [-0.4, -0.2) is 41.9 Å². The number of aryl methyl sites for hydroxylation is 1. The van der Waals surface area contributed by atoms with E-state index in [1.54, 1.807) is 0 Å². The van der Waals surface area contributed by atoms with Gasteiger partial charge in [0.2, 0.25) is 5.91 Å². The van der Waals surface area contributed by atoms with E-state index in [2.05, 4.69) is 10.2 Å². The van der Waals surface area contributed by atoms with Crippen molar-refractivity contribution < 1.29 is 9.59 Å². The van der Waals surface area contributed by atoms with E-state index < -0.39 is 0 Å². The molecule has 1 aromatic heterocycles. The largest absolute Gasteiger partial charge is 0.368 e. The van der Waals surface area contributed by atoms with Crippen LogP contribution in [0.3, 0.4) is 0 Å². The van der Waals surface area contributed by atoms with Crippen LogP contribution in [0, 0.1) is 6.92 Å². The Kier molecular flexibility index (Phi) is 4.77. The monoisotopic (exact) mass is 295 g/mol. The normalized spacial score (nSPS) is 18.7. The smallest absolute Gasteiger partial charge is 0.261 e. The van der Waals surface area contributed by atoms with Gasteiger partial charge in [-0.15, -0.1) is 11.3 Å². The van der Waals surface area contributed by atoms with Gasteiger partial charge in [-0.3, -0.25) is 14.5 Å². The van der Waals surface area contributed by atoms with Crippen molar-refractivity contribution in [2.24, 2.45) is 5.73 Å². The van der Waals surface area contributed by atoms with Gasteiger partial charge >= 0.3 is 0 Å². The molecule has 5 nitrogen and oxygen atoms in total. The number of hydrogen-bond donors (Lipinski definition) is 2. The minimum absolute atomic E-state index is 0.00417. The molecule has 2 amide bonds. The molecular weight excluding hydrogens is 274 g/mol. The fourth-order valence-corrected chi connectivity index (χ4v) is 3.19. The molecule has 20 heavy (non-hydrogen) atoms. The highest BCUT2D eigenvalue weighted by Gasteiger charge is 2.26. The molecule has 2 heterocycles. The first-order valence-corrected chi connectivity index (χ1v) is 7.69. The van der Waals surface area contributed by atoms with Gasteiger partial charge in [0, 0.05) is 24.0 Å². The third-order valence-corrected chi connectivity index (χ3v) is 4.79. The molecule has 0 saturated carbocycles. The maximum absolute atomic E-state index is 12.1. The molecule has 0 spiro atoms. The zero-order valence-corrected chi connectivity index (χ0v) is 12.7. The molecule has 0 unspecified atom stereocenters. The molecule has 0 radical (unpaired) electrons. The van der Waals surface area contributed by atoms with E-state index in [0.717, 1.165) is 35.7 Å². The minimum Gasteiger partial charge on any atom is -0.368 e. The van der Waals surface area contributed by atoms with Gasteiger partial charge in [-0.2, -0.15) is 0 Å². The van der Waals surface area contributed by atoms with E-state index in [1.165, 1.54) is 11.3 Å². The number of carbonyl (C=O) groups is 2. The first kappa shape index (κ1) is 15.0. The highest BCUT2D eigenvalue weighted by atomic mass is 32.1. The van der Waals surface area contributed by atoms with Gasteiger partial charge in [0.1, 0.15) is 0 Å². The number of piperidine rings is 1. The van der Waals surface area contributed by atoms with E-state index in [4.69, 9.17) is 5.73 Å². The third-order valence-electron chi connectivity index (χ3n) is 3.79. The molecule has 1 fully saturated rings. The molecule has 110 valence electrons. The summed E-state index contributed by atoms with van der Waals surface area (Å²) in [5.74, 6) is -0.286. The Hall–Kier alpha value is -1.40. The Bertz CT molecular complexity index is 492. The van der Waals surface area contributed by atoms with Crippen molar-refractivity contribution in [3.63, 3.8) is 0 Å². The third kappa shape index (κ3) is 3.58. The maximum atomic E-state index is 12.1. The summed E-state index contributed by atoms with van der Waals surface area (Å²) < 4.78 is 0. The lowest BCUT2D eigenvalue weighted by Gasteiger charge is -2.34. The number of thiophene rings is 1. The predicted molar refractivity (Wildman–Crippen MR) is 79.8 cm³/mol. The van der Waals surface area contributed by atoms with Crippen molar-refractivity contribution in [2.75, 3.05) is 13.1 Å². The Morgan fingerprint density at radius 3 is 2.55 bits per heavy atom. The second kappa shape index (κ2) is 6.37. The Labute approximate surface area is 123 Å². The molecule has 1 aliphatic rings. The van der Waals surface area contributed by atoms with Crippen molar-refractivity contribution in [3.8, 4) is 0 Å². The van der Waals surface area contributed by atoms with Gasteiger partial charge in [-0.25, -0.2) is 0 Å². The number of hydrogen-bond acceptors (Lipinski definition) is 4. The van der Waals surface area contributed by atoms with Crippen molar-refractivity contribution in [1.29, 1.82) is 0 Å². The van der Waals surface area contributed by atoms with Gasteiger partial charge in [0.05, 0.1) is 10.9 Å². The quantitative estimate of drug-likeness (QED) is 0.874. The summed E-state index contributed by atoms with van der Waals surface area (Å²) in [4.78, 5) is 27.2. The van der Waals surface area contributed by atoms with Crippen molar-refractivity contribution in [3.05, 3.63) is 21.9 Å². The van der Waals surface area contributed by atoms with Crippen LogP contribution in [-0.2, 0) is 4.79 Å². The molecule has 6 heteroatoms. The number of likely N-dealkylation sites (tertiary alicyclic amines) is 1. The zero-order valence-electron chi connectivity index (χ0n) is 11.9. The van der Waals surface area contributed by atoms with Crippen LogP contribution in [0.15, 0.2) is 12.1 Å². The summed E-state index contributed by atoms with van der Waals surface area (Å²) in [6, 6.07) is 3.77. The summed E-state index contributed by atoms with van der Waals surface area (Å²) in [7, 11) is 0. The molecule has 1 aromatic rings. The predicted octanol–water partition coefficient (Wildman–Crippen LogP) is 1.12. The summed E-state index contributed by atoms with van der Waals surface area (Å²) in [5.41, 5.74) is 5.31. The van der Waals surface area contributed by atoms with Gasteiger partial charge in [0.15, 0.2) is 0 Å². The summed E-state index contributed by atoms with van der Waals surface area (Å²) in [6.45, 7) is 5.40. The Morgan fingerprint density at radius 2 is 2.05 bits per heavy atom. The van der Waals surface area contributed by atoms with Crippen LogP contribution < -0.4 is 11.1 Å². The number of nitrogens with two attached hydrogens (primary N) is 1. The molecule has 1 aliphatic heterocycles. The van der Waals surface area contributed by atoms with Gasteiger partial charge in [0.25, 0.3) is 5.91 Å². The van der Waals surface area contributed by atoms with E-state index in [0.29, 0.717) is 0 Å². The van der Waals surface area contributed by atoms with Crippen molar-refractivity contribution in [2.45, 2.75) is 38.8 Å². The second-order valence-corrected chi connectivity index (χ2v) is 6.56. The van der Waals surface area contributed by atoms with E-state index in [-0.39, 0.29) is 23.9 Å².